The van der Waals surface area contributed by atoms with Crippen LogP contribution in [0.2, 0.25) is 0 Å². The molecule has 0 atom stereocenters. The van der Waals surface area contributed by atoms with Crippen LogP contribution in [0.5, 0.6) is 11.5 Å². The molecule has 0 aliphatic rings. The Balaban J connectivity index is 3.34. The van der Waals surface area contributed by atoms with Gasteiger partial charge in [-0.2, -0.15) is 0 Å². The van der Waals surface area contributed by atoms with Crippen LogP contribution in [0.1, 0.15) is 0 Å². The molecule has 0 unspecified atom stereocenters. The first-order valence-corrected chi connectivity index (χ1v) is 4.24. The highest BCUT2D eigenvalue weighted by Gasteiger charge is 2.18. The van der Waals surface area contributed by atoms with E-state index in [2.05, 4.69) is 5.32 Å². The normalized spacial score (nSPS) is 9.38. The lowest BCUT2D eigenvalue weighted by Gasteiger charge is -2.09. The van der Waals surface area contributed by atoms with E-state index < -0.39 is 4.92 Å². The first kappa shape index (κ1) is 11.8. The van der Waals surface area contributed by atoms with Crippen LogP contribution in [0.4, 0.5) is 11.4 Å². The number of carbonyl (C=O) groups excluding carboxylic acids is 1. The molecule has 1 rings (SSSR count). The molecule has 7 heteroatoms. The minimum atomic E-state index is -0.617. The summed E-state index contributed by atoms with van der Waals surface area (Å²) in [4.78, 5) is 20.4. The van der Waals surface area contributed by atoms with Crippen molar-refractivity contribution >= 4 is 17.8 Å². The topological polar surface area (TPSA) is 90.7 Å². The largest absolute Gasteiger partial charge is 0.493 e. The standard InChI is InChI=1S/C9H10N2O5/c1-15-8-3-6(10-5-12)7(11(13)14)4-9(8)16-2/h3-5H,1-2H3,(H,10,12). The summed E-state index contributed by atoms with van der Waals surface area (Å²) in [6.45, 7) is 0. The fraction of sp³-hybridized carbons (Fsp3) is 0.222. The SMILES string of the molecule is COc1cc(NC=O)c([N+](=O)[O-])cc1OC. The summed E-state index contributed by atoms with van der Waals surface area (Å²) in [5.41, 5.74) is -0.206. The molecule has 86 valence electrons. The summed E-state index contributed by atoms with van der Waals surface area (Å²) in [7, 11) is 2.77. The highest BCUT2D eigenvalue weighted by Crippen LogP contribution is 2.37. The Morgan fingerprint density at radius 3 is 2.31 bits per heavy atom. The fourth-order valence-electron chi connectivity index (χ4n) is 1.20. The summed E-state index contributed by atoms with van der Waals surface area (Å²) < 4.78 is 9.87. The zero-order valence-electron chi connectivity index (χ0n) is 8.72. The molecule has 0 saturated heterocycles. The van der Waals surface area contributed by atoms with Crippen LogP contribution < -0.4 is 14.8 Å². The van der Waals surface area contributed by atoms with Crippen LogP contribution in [-0.4, -0.2) is 25.6 Å². The number of ether oxygens (including phenoxy) is 2. The van der Waals surface area contributed by atoms with Gasteiger partial charge in [0.1, 0.15) is 5.69 Å². The van der Waals surface area contributed by atoms with E-state index in [0.717, 1.165) is 0 Å². The number of methoxy groups -OCH3 is 2. The van der Waals surface area contributed by atoms with Crippen molar-refractivity contribution in [2.24, 2.45) is 0 Å². The number of nitrogens with zero attached hydrogens (tertiary/aromatic N) is 1. The maximum atomic E-state index is 10.7. The second-order valence-electron chi connectivity index (χ2n) is 2.74. The van der Waals surface area contributed by atoms with Gasteiger partial charge in [-0.15, -0.1) is 0 Å². The van der Waals surface area contributed by atoms with E-state index in [1.807, 2.05) is 0 Å². The molecule has 7 nitrogen and oxygen atoms in total. The maximum Gasteiger partial charge on any atom is 0.296 e. The minimum absolute atomic E-state index is 0.0534. The van der Waals surface area contributed by atoms with Gasteiger partial charge < -0.3 is 14.8 Å². The molecule has 0 saturated carbocycles. The van der Waals surface area contributed by atoms with E-state index in [9.17, 15) is 14.9 Å². The fourth-order valence-corrected chi connectivity index (χ4v) is 1.20. The molecule has 0 aliphatic carbocycles. The second kappa shape index (κ2) is 4.96. The first-order chi connectivity index (χ1) is 7.63. The Hall–Kier alpha value is -2.31. The zero-order chi connectivity index (χ0) is 12.1. The van der Waals surface area contributed by atoms with Crippen molar-refractivity contribution in [1.82, 2.24) is 0 Å². The van der Waals surface area contributed by atoms with Crippen LogP contribution in [0.25, 0.3) is 0 Å². The maximum absolute atomic E-state index is 10.7. The van der Waals surface area contributed by atoms with E-state index in [1.54, 1.807) is 0 Å². The number of carbonyl (C=O) groups is 1. The van der Waals surface area contributed by atoms with E-state index in [0.29, 0.717) is 12.2 Å². The summed E-state index contributed by atoms with van der Waals surface area (Å²) in [6, 6.07) is 2.51. The molecule has 0 heterocycles. The summed E-state index contributed by atoms with van der Waals surface area (Å²) in [6.07, 6.45) is 0.355. The number of anilines is 1. The number of nitro groups is 1. The molecule has 1 aromatic rings. The van der Waals surface area contributed by atoms with E-state index >= 15 is 0 Å². The third kappa shape index (κ3) is 2.19. The zero-order valence-corrected chi connectivity index (χ0v) is 8.72. The van der Waals surface area contributed by atoms with Gasteiger partial charge in [-0.1, -0.05) is 0 Å². The van der Waals surface area contributed by atoms with E-state index in [4.69, 9.17) is 9.47 Å². The smallest absolute Gasteiger partial charge is 0.296 e. The van der Waals surface area contributed by atoms with Crippen molar-refractivity contribution in [3.63, 3.8) is 0 Å². The number of hydrogen-bond acceptors (Lipinski definition) is 5. The van der Waals surface area contributed by atoms with E-state index in [-0.39, 0.29) is 17.1 Å². The highest BCUT2D eigenvalue weighted by molar-refractivity contribution is 5.80. The lowest BCUT2D eigenvalue weighted by Crippen LogP contribution is -2.01. The van der Waals surface area contributed by atoms with Crippen molar-refractivity contribution < 1.29 is 19.2 Å². The predicted molar refractivity (Wildman–Crippen MR) is 55.9 cm³/mol. The molecule has 1 N–H and O–H groups in total. The number of nitrogens with one attached hydrogen (secondary N) is 1. The van der Waals surface area contributed by atoms with Gasteiger partial charge in [-0.05, 0) is 0 Å². The molecule has 0 aliphatic heterocycles. The lowest BCUT2D eigenvalue weighted by molar-refractivity contribution is -0.384. The van der Waals surface area contributed by atoms with Gasteiger partial charge in [0, 0.05) is 6.07 Å². The van der Waals surface area contributed by atoms with Crippen molar-refractivity contribution in [2.75, 3.05) is 19.5 Å². The Morgan fingerprint density at radius 2 is 1.88 bits per heavy atom. The van der Waals surface area contributed by atoms with Gasteiger partial charge in [0.25, 0.3) is 5.69 Å². The van der Waals surface area contributed by atoms with Gasteiger partial charge in [0.05, 0.1) is 25.2 Å². The van der Waals surface area contributed by atoms with Gasteiger partial charge in [-0.3, -0.25) is 14.9 Å². The Morgan fingerprint density at radius 1 is 1.31 bits per heavy atom. The Bertz CT molecular complexity index is 419. The molecule has 0 aromatic heterocycles. The van der Waals surface area contributed by atoms with Crippen molar-refractivity contribution in [2.45, 2.75) is 0 Å². The third-order valence-electron chi connectivity index (χ3n) is 1.91. The minimum Gasteiger partial charge on any atom is -0.493 e. The Kier molecular flexibility index (Phi) is 3.65. The van der Waals surface area contributed by atoms with Crippen molar-refractivity contribution in [3.8, 4) is 11.5 Å². The number of nitro benzene ring substituents is 1. The quantitative estimate of drug-likeness (QED) is 0.462. The molecule has 16 heavy (non-hydrogen) atoms. The van der Waals surface area contributed by atoms with Crippen molar-refractivity contribution in [3.05, 3.63) is 22.2 Å². The van der Waals surface area contributed by atoms with Crippen LogP contribution in [0.15, 0.2) is 12.1 Å². The monoisotopic (exact) mass is 226 g/mol. The van der Waals surface area contributed by atoms with Gasteiger partial charge in [-0.25, -0.2) is 0 Å². The molecule has 0 fully saturated rings. The predicted octanol–water partition coefficient (Wildman–Crippen LogP) is 1.18. The molecule has 0 bridgehead atoms. The summed E-state index contributed by atoms with van der Waals surface area (Å²) >= 11 is 0. The third-order valence-corrected chi connectivity index (χ3v) is 1.91. The molecule has 0 radical (unpaired) electrons. The molecule has 0 spiro atoms. The molecular weight excluding hydrogens is 216 g/mol. The van der Waals surface area contributed by atoms with Crippen LogP contribution in [0.3, 0.4) is 0 Å². The number of benzene rings is 1. The van der Waals surface area contributed by atoms with Gasteiger partial charge in [0.15, 0.2) is 11.5 Å². The number of amides is 1. The molecular formula is C9H10N2O5. The first-order valence-electron chi connectivity index (χ1n) is 4.24. The highest BCUT2D eigenvalue weighted by atomic mass is 16.6. The molecule has 1 aromatic carbocycles. The van der Waals surface area contributed by atoms with Crippen LogP contribution in [0, 0.1) is 10.1 Å². The molecule has 1 amide bonds. The summed E-state index contributed by atoms with van der Waals surface area (Å²) in [5.74, 6) is 0.531. The van der Waals surface area contributed by atoms with Gasteiger partial charge in [0.2, 0.25) is 6.41 Å². The number of hydrogen-bond donors (Lipinski definition) is 1. The van der Waals surface area contributed by atoms with Crippen LogP contribution in [-0.2, 0) is 4.79 Å². The Labute approximate surface area is 91.1 Å². The van der Waals surface area contributed by atoms with Gasteiger partial charge >= 0.3 is 0 Å². The lowest BCUT2D eigenvalue weighted by atomic mass is 10.2. The second-order valence-corrected chi connectivity index (χ2v) is 2.74. The average Bonchev–Trinajstić information content (AvgIpc) is 2.28. The van der Waals surface area contributed by atoms with Crippen molar-refractivity contribution in [1.29, 1.82) is 0 Å². The number of rotatable bonds is 5. The van der Waals surface area contributed by atoms with E-state index in [1.165, 1.54) is 26.4 Å². The average molecular weight is 226 g/mol. The van der Waals surface area contributed by atoms with Crippen LogP contribution >= 0.6 is 0 Å². The summed E-state index contributed by atoms with van der Waals surface area (Å²) in [5, 5.41) is 12.9.